The SMILES string of the molecule is CBc1cn2c(-c3cnn(C)c3)cnc2c(S(C)(=O)=O)n1. The minimum Gasteiger partial charge on any atom is -0.296 e. The molecule has 0 saturated heterocycles. The van der Waals surface area contributed by atoms with Crippen molar-refractivity contribution >= 4 is 28.4 Å². The molecule has 0 fully saturated rings. The third-order valence-corrected chi connectivity index (χ3v) is 4.20. The van der Waals surface area contributed by atoms with E-state index in [0.29, 0.717) is 18.5 Å². The Kier molecular flexibility index (Phi) is 3.09. The highest BCUT2D eigenvalue weighted by molar-refractivity contribution is 7.90. The van der Waals surface area contributed by atoms with Gasteiger partial charge >= 0.3 is 0 Å². The third-order valence-electron chi connectivity index (χ3n) is 3.23. The summed E-state index contributed by atoms with van der Waals surface area (Å²) in [6.45, 7) is 1.93. The number of aryl methyl sites for hydroxylation is 1. The molecular formula is C12H14BN5O2S. The summed E-state index contributed by atoms with van der Waals surface area (Å²) in [5.41, 5.74) is 2.71. The van der Waals surface area contributed by atoms with Crippen LogP contribution in [0.15, 0.2) is 29.8 Å². The van der Waals surface area contributed by atoms with Gasteiger partial charge < -0.3 is 0 Å². The number of sulfone groups is 1. The second-order valence-electron chi connectivity index (χ2n) is 4.90. The molecule has 9 heteroatoms. The van der Waals surface area contributed by atoms with Crippen molar-refractivity contribution in [2.24, 2.45) is 7.05 Å². The molecule has 3 heterocycles. The van der Waals surface area contributed by atoms with Gasteiger partial charge in [0, 0.05) is 36.9 Å². The van der Waals surface area contributed by atoms with Crippen molar-refractivity contribution in [3.8, 4) is 11.3 Å². The zero-order chi connectivity index (χ0) is 15.2. The number of fused-ring (bicyclic) bond motifs is 1. The predicted molar refractivity (Wildman–Crippen MR) is 80.9 cm³/mol. The summed E-state index contributed by atoms with van der Waals surface area (Å²) in [5.74, 6) is 0. The summed E-state index contributed by atoms with van der Waals surface area (Å²) < 4.78 is 27.3. The van der Waals surface area contributed by atoms with Gasteiger partial charge in [-0.1, -0.05) is 6.82 Å². The van der Waals surface area contributed by atoms with E-state index in [4.69, 9.17) is 0 Å². The molecule has 0 unspecified atom stereocenters. The minimum absolute atomic E-state index is 0.0111. The monoisotopic (exact) mass is 303 g/mol. The first-order valence-corrected chi connectivity index (χ1v) is 8.35. The van der Waals surface area contributed by atoms with Crippen LogP contribution in [0.3, 0.4) is 0 Å². The van der Waals surface area contributed by atoms with Crippen molar-refractivity contribution < 1.29 is 8.42 Å². The number of imidazole rings is 1. The van der Waals surface area contributed by atoms with Crippen LogP contribution < -0.4 is 5.59 Å². The predicted octanol–water partition coefficient (Wildman–Crippen LogP) is -0.357. The Bertz CT molecular complexity index is 928. The van der Waals surface area contributed by atoms with E-state index >= 15 is 0 Å². The molecule has 0 spiro atoms. The van der Waals surface area contributed by atoms with Gasteiger partial charge in [-0.2, -0.15) is 5.10 Å². The molecule has 3 aromatic heterocycles. The lowest BCUT2D eigenvalue weighted by Gasteiger charge is -2.06. The standard InChI is InChI=1S/C12H14BN5O2S/c1-13-10-7-18-9(8-4-15-17(2)6-8)5-14-11(18)12(16-10)21(3,19)20/h4-7,13H,1-3H3. The number of nitrogens with zero attached hydrogens (tertiary/aromatic N) is 5. The first kappa shape index (κ1) is 13.8. The molecule has 0 radical (unpaired) electrons. The quantitative estimate of drug-likeness (QED) is 0.617. The van der Waals surface area contributed by atoms with E-state index in [1.165, 1.54) is 0 Å². The van der Waals surface area contributed by atoms with Crippen LogP contribution in [-0.2, 0) is 16.9 Å². The van der Waals surface area contributed by atoms with Crippen LogP contribution >= 0.6 is 0 Å². The molecule has 0 bridgehead atoms. The Morgan fingerprint density at radius 2 is 2.00 bits per heavy atom. The van der Waals surface area contributed by atoms with Gasteiger partial charge in [0.2, 0.25) is 0 Å². The van der Waals surface area contributed by atoms with Crippen LogP contribution in [0, 0.1) is 0 Å². The van der Waals surface area contributed by atoms with E-state index in [2.05, 4.69) is 15.1 Å². The molecule has 108 valence electrons. The lowest BCUT2D eigenvalue weighted by Crippen LogP contribution is -2.21. The fourth-order valence-electron chi connectivity index (χ4n) is 2.19. The maximum absolute atomic E-state index is 11.9. The van der Waals surface area contributed by atoms with Crippen molar-refractivity contribution in [1.29, 1.82) is 0 Å². The molecule has 0 atom stereocenters. The van der Waals surface area contributed by atoms with Gasteiger partial charge in [-0.25, -0.2) is 18.4 Å². The van der Waals surface area contributed by atoms with Gasteiger partial charge in [0.1, 0.15) is 0 Å². The van der Waals surface area contributed by atoms with E-state index in [1.54, 1.807) is 21.5 Å². The first-order valence-electron chi connectivity index (χ1n) is 6.46. The molecule has 0 amide bonds. The molecule has 0 saturated carbocycles. The van der Waals surface area contributed by atoms with Crippen molar-refractivity contribution in [3.63, 3.8) is 0 Å². The Morgan fingerprint density at radius 1 is 1.24 bits per heavy atom. The molecule has 0 aliphatic carbocycles. The average molecular weight is 303 g/mol. The van der Waals surface area contributed by atoms with Crippen LogP contribution in [0.4, 0.5) is 0 Å². The molecule has 3 rings (SSSR count). The molecule has 0 N–H and O–H groups in total. The fraction of sp³-hybridized carbons (Fsp3) is 0.250. The maximum Gasteiger partial charge on any atom is 0.197 e. The summed E-state index contributed by atoms with van der Waals surface area (Å²) in [5, 5.41) is 4.15. The summed E-state index contributed by atoms with van der Waals surface area (Å²) in [6.07, 6.45) is 8.18. The minimum atomic E-state index is -3.44. The van der Waals surface area contributed by atoms with Crippen LogP contribution in [0.25, 0.3) is 16.9 Å². The van der Waals surface area contributed by atoms with E-state index in [-0.39, 0.29) is 5.03 Å². The Labute approximate surface area is 122 Å². The highest BCUT2D eigenvalue weighted by Crippen LogP contribution is 2.22. The van der Waals surface area contributed by atoms with E-state index in [9.17, 15) is 8.42 Å². The summed E-state index contributed by atoms with van der Waals surface area (Å²) >= 11 is 0. The topological polar surface area (TPSA) is 82.2 Å². The van der Waals surface area contributed by atoms with Crippen LogP contribution in [0.5, 0.6) is 0 Å². The van der Waals surface area contributed by atoms with Crippen molar-refractivity contribution in [1.82, 2.24) is 24.1 Å². The highest BCUT2D eigenvalue weighted by Gasteiger charge is 2.19. The molecule has 7 nitrogen and oxygen atoms in total. The van der Waals surface area contributed by atoms with Crippen LogP contribution in [0.1, 0.15) is 0 Å². The zero-order valence-electron chi connectivity index (χ0n) is 12.0. The molecular weight excluding hydrogens is 289 g/mol. The second-order valence-corrected chi connectivity index (χ2v) is 6.83. The lowest BCUT2D eigenvalue weighted by atomic mass is 9.78. The molecule has 3 aromatic rings. The highest BCUT2D eigenvalue weighted by atomic mass is 32.2. The normalized spacial score (nSPS) is 12.0. The Morgan fingerprint density at radius 3 is 2.57 bits per heavy atom. The van der Waals surface area contributed by atoms with Crippen molar-refractivity contribution in [2.75, 3.05) is 6.26 Å². The molecule has 0 aromatic carbocycles. The van der Waals surface area contributed by atoms with Crippen LogP contribution in [-0.4, -0.2) is 46.1 Å². The van der Waals surface area contributed by atoms with E-state index in [1.807, 2.05) is 26.3 Å². The maximum atomic E-state index is 11.9. The number of aromatic nitrogens is 5. The van der Waals surface area contributed by atoms with Crippen molar-refractivity contribution in [2.45, 2.75) is 11.8 Å². The van der Waals surface area contributed by atoms with Gasteiger partial charge in [0.15, 0.2) is 27.8 Å². The third kappa shape index (κ3) is 2.33. The first-order chi connectivity index (χ1) is 9.90. The zero-order valence-corrected chi connectivity index (χ0v) is 12.8. The fourth-order valence-corrected chi connectivity index (χ4v) is 2.96. The second kappa shape index (κ2) is 4.69. The van der Waals surface area contributed by atoms with Gasteiger partial charge in [-0.15, -0.1) is 0 Å². The van der Waals surface area contributed by atoms with Crippen molar-refractivity contribution in [3.05, 3.63) is 24.8 Å². The van der Waals surface area contributed by atoms with Gasteiger partial charge in [-0.3, -0.25) is 9.08 Å². The number of rotatable bonds is 3. The van der Waals surface area contributed by atoms with E-state index < -0.39 is 9.84 Å². The number of hydrogen-bond donors (Lipinski definition) is 0. The smallest absolute Gasteiger partial charge is 0.197 e. The Hall–Kier alpha value is -2.16. The largest absolute Gasteiger partial charge is 0.296 e. The number of hydrogen-bond acceptors (Lipinski definition) is 5. The molecule has 0 aliphatic heterocycles. The summed E-state index contributed by atoms with van der Waals surface area (Å²) in [4.78, 5) is 8.44. The summed E-state index contributed by atoms with van der Waals surface area (Å²) in [7, 11) is -0.972. The average Bonchev–Trinajstić information content (AvgIpc) is 3.01. The molecule has 0 aliphatic rings. The Balaban J connectivity index is 2.36. The van der Waals surface area contributed by atoms with Gasteiger partial charge in [0.05, 0.1) is 18.1 Å². The van der Waals surface area contributed by atoms with Gasteiger partial charge in [-0.05, 0) is 0 Å². The van der Waals surface area contributed by atoms with Gasteiger partial charge in [0.25, 0.3) is 0 Å². The molecule has 21 heavy (non-hydrogen) atoms. The summed E-state index contributed by atoms with van der Waals surface area (Å²) in [6, 6.07) is 0. The lowest BCUT2D eigenvalue weighted by molar-refractivity contribution is 0.599. The van der Waals surface area contributed by atoms with E-state index in [0.717, 1.165) is 17.5 Å². The van der Waals surface area contributed by atoms with Crippen LogP contribution in [0.2, 0.25) is 6.82 Å².